The molecular weight excluding hydrogens is 388 g/mol. The third-order valence-corrected chi connectivity index (χ3v) is 5.56. The molecule has 1 aromatic heterocycles. The Labute approximate surface area is 177 Å². The van der Waals surface area contributed by atoms with Crippen molar-refractivity contribution < 1.29 is 18.7 Å². The maximum absolute atomic E-state index is 12.5. The van der Waals surface area contributed by atoms with E-state index in [9.17, 15) is 9.59 Å². The molecule has 0 N–H and O–H groups in total. The molecule has 1 atom stereocenters. The quantitative estimate of drug-likeness (QED) is 0.276. The SMILES string of the molecule is CCOC(=O)[C@H](CC(C)C)N(C)C(=O)CCCCCSc1nc2ccccc2o1. The number of aromatic nitrogens is 1. The number of amides is 1. The Morgan fingerprint density at radius 1 is 1.21 bits per heavy atom. The van der Waals surface area contributed by atoms with Gasteiger partial charge in [0.25, 0.3) is 5.22 Å². The Kier molecular flexibility index (Phi) is 9.51. The van der Waals surface area contributed by atoms with Gasteiger partial charge in [0.1, 0.15) is 11.6 Å². The van der Waals surface area contributed by atoms with Crippen molar-refractivity contribution in [3.63, 3.8) is 0 Å². The molecule has 1 aromatic carbocycles. The summed E-state index contributed by atoms with van der Waals surface area (Å²) >= 11 is 1.60. The number of hydrogen-bond donors (Lipinski definition) is 0. The summed E-state index contributed by atoms with van der Waals surface area (Å²) in [4.78, 5) is 30.7. The summed E-state index contributed by atoms with van der Waals surface area (Å²) in [5, 5.41) is 0.688. The summed E-state index contributed by atoms with van der Waals surface area (Å²) in [5.74, 6) is 0.890. The van der Waals surface area contributed by atoms with Gasteiger partial charge in [-0.25, -0.2) is 9.78 Å². The van der Waals surface area contributed by atoms with Gasteiger partial charge in [-0.2, -0.15) is 0 Å². The van der Waals surface area contributed by atoms with E-state index in [1.54, 1.807) is 30.6 Å². The van der Waals surface area contributed by atoms with Gasteiger partial charge in [-0.15, -0.1) is 0 Å². The number of unbranched alkanes of at least 4 members (excludes halogenated alkanes) is 2. The number of hydrogen-bond acceptors (Lipinski definition) is 6. The molecule has 0 saturated carbocycles. The van der Waals surface area contributed by atoms with Gasteiger partial charge in [0.05, 0.1) is 6.61 Å². The van der Waals surface area contributed by atoms with E-state index in [0.717, 1.165) is 36.1 Å². The first-order valence-electron chi connectivity index (χ1n) is 10.3. The molecule has 0 bridgehead atoms. The molecule has 6 nitrogen and oxygen atoms in total. The summed E-state index contributed by atoms with van der Waals surface area (Å²) in [7, 11) is 1.70. The number of ether oxygens (including phenoxy) is 1. The van der Waals surface area contributed by atoms with E-state index >= 15 is 0 Å². The number of benzene rings is 1. The molecule has 2 aromatic rings. The average molecular weight is 421 g/mol. The molecule has 29 heavy (non-hydrogen) atoms. The minimum Gasteiger partial charge on any atom is -0.464 e. The number of thioether (sulfide) groups is 1. The molecule has 160 valence electrons. The molecule has 1 heterocycles. The zero-order chi connectivity index (χ0) is 21.2. The van der Waals surface area contributed by atoms with Crippen LogP contribution in [0.25, 0.3) is 11.1 Å². The lowest BCUT2D eigenvalue weighted by Crippen LogP contribution is -2.44. The third kappa shape index (κ3) is 7.38. The van der Waals surface area contributed by atoms with Crippen molar-refractivity contribution in [2.45, 2.75) is 64.1 Å². The van der Waals surface area contributed by atoms with Crippen LogP contribution in [0.1, 0.15) is 52.9 Å². The molecule has 0 unspecified atom stereocenters. The first kappa shape index (κ1) is 23.3. The predicted molar refractivity (Wildman–Crippen MR) is 116 cm³/mol. The maximum Gasteiger partial charge on any atom is 0.328 e. The van der Waals surface area contributed by atoms with Crippen LogP contribution in [0.3, 0.4) is 0 Å². The maximum atomic E-state index is 12.5. The monoisotopic (exact) mass is 420 g/mol. The van der Waals surface area contributed by atoms with Gasteiger partial charge in [-0.1, -0.05) is 44.2 Å². The van der Waals surface area contributed by atoms with Gasteiger partial charge >= 0.3 is 5.97 Å². The minimum atomic E-state index is -0.503. The van der Waals surface area contributed by atoms with E-state index in [1.807, 2.05) is 38.1 Å². The number of para-hydroxylation sites is 2. The van der Waals surface area contributed by atoms with Gasteiger partial charge in [-0.05, 0) is 44.2 Å². The van der Waals surface area contributed by atoms with E-state index in [-0.39, 0.29) is 11.9 Å². The Morgan fingerprint density at radius 2 is 1.97 bits per heavy atom. The number of carbonyl (C=O) groups excluding carboxylic acids is 2. The number of fused-ring (bicyclic) bond motifs is 1. The second-order valence-corrected chi connectivity index (χ2v) is 8.55. The minimum absolute atomic E-state index is 0.00435. The summed E-state index contributed by atoms with van der Waals surface area (Å²) in [5.41, 5.74) is 1.68. The number of rotatable bonds is 12. The molecule has 0 aliphatic heterocycles. The van der Waals surface area contributed by atoms with Crippen LogP contribution in [0.15, 0.2) is 33.9 Å². The van der Waals surface area contributed by atoms with Crippen molar-refractivity contribution in [3.8, 4) is 0 Å². The van der Waals surface area contributed by atoms with Gasteiger partial charge in [0.2, 0.25) is 5.91 Å². The topological polar surface area (TPSA) is 72.6 Å². The van der Waals surface area contributed by atoms with Crippen molar-refractivity contribution in [3.05, 3.63) is 24.3 Å². The van der Waals surface area contributed by atoms with Crippen LogP contribution in [0.4, 0.5) is 0 Å². The number of likely N-dealkylation sites (N-methyl/N-ethyl adjacent to an activating group) is 1. The van der Waals surface area contributed by atoms with Crippen molar-refractivity contribution in [1.82, 2.24) is 9.88 Å². The molecule has 2 rings (SSSR count). The van der Waals surface area contributed by atoms with Crippen LogP contribution >= 0.6 is 11.8 Å². The zero-order valence-electron chi connectivity index (χ0n) is 17.8. The van der Waals surface area contributed by atoms with Crippen LogP contribution in [0.2, 0.25) is 0 Å². The molecule has 7 heteroatoms. The molecule has 0 aliphatic carbocycles. The molecule has 0 aliphatic rings. The first-order chi connectivity index (χ1) is 13.9. The number of carbonyl (C=O) groups is 2. The fraction of sp³-hybridized carbons (Fsp3) is 0.591. The summed E-state index contributed by atoms with van der Waals surface area (Å²) < 4.78 is 10.8. The molecular formula is C22H32N2O4S. The van der Waals surface area contributed by atoms with Crippen LogP contribution in [-0.4, -0.2) is 47.2 Å². The Balaban J connectivity index is 1.69. The Hall–Kier alpha value is -2.02. The van der Waals surface area contributed by atoms with Crippen molar-refractivity contribution >= 4 is 34.7 Å². The van der Waals surface area contributed by atoms with Gasteiger partial charge in [0, 0.05) is 19.2 Å². The molecule has 1 amide bonds. The van der Waals surface area contributed by atoms with Crippen molar-refractivity contribution in [2.24, 2.45) is 5.92 Å². The lowest BCUT2D eigenvalue weighted by molar-refractivity contribution is -0.154. The normalized spacial score (nSPS) is 12.3. The highest BCUT2D eigenvalue weighted by Crippen LogP contribution is 2.24. The number of esters is 1. The second-order valence-electron chi connectivity index (χ2n) is 7.51. The van der Waals surface area contributed by atoms with Crippen molar-refractivity contribution in [1.29, 1.82) is 0 Å². The molecule has 0 fully saturated rings. The van der Waals surface area contributed by atoms with Crippen LogP contribution in [0, 0.1) is 5.92 Å². The highest BCUT2D eigenvalue weighted by atomic mass is 32.2. The van der Waals surface area contributed by atoms with Crippen LogP contribution in [0.5, 0.6) is 0 Å². The zero-order valence-corrected chi connectivity index (χ0v) is 18.7. The van der Waals surface area contributed by atoms with E-state index < -0.39 is 6.04 Å². The summed E-state index contributed by atoms with van der Waals surface area (Å²) in [6.07, 6.45) is 3.78. The fourth-order valence-electron chi connectivity index (χ4n) is 3.07. The molecule has 0 radical (unpaired) electrons. The van der Waals surface area contributed by atoms with E-state index in [2.05, 4.69) is 4.98 Å². The molecule has 0 spiro atoms. The Morgan fingerprint density at radius 3 is 2.66 bits per heavy atom. The largest absolute Gasteiger partial charge is 0.464 e. The lowest BCUT2D eigenvalue weighted by atomic mass is 10.0. The van der Waals surface area contributed by atoms with Gasteiger partial charge in [-0.3, -0.25) is 4.79 Å². The first-order valence-corrected chi connectivity index (χ1v) is 11.3. The summed E-state index contributed by atoms with van der Waals surface area (Å²) in [6.45, 7) is 6.19. The van der Waals surface area contributed by atoms with E-state index in [1.165, 1.54) is 0 Å². The summed E-state index contributed by atoms with van der Waals surface area (Å²) in [6, 6.07) is 7.23. The van der Waals surface area contributed by atoms with Gasteiger partial charge in [0.15, 0.2) is 5.58 Å². The number of oxazole rings is 1. The standard InChI is InChI=1S/C22H32N2O4S/c1-5-27-21(26)18(15-16(2)3)24(4)20(25)13-7-6-10-14-29-22-23-17-11-8-9-12-19(17)28-22/h8-9,11-12,16,18H,5-7,10,13-15H2,1-4H3/t18-/m0/s1. The van der Waals surface area contributed by atoms with Crippen molar-refractivity contribution in [2.75, 3.05) is 19.4 Å². The third-order valence-electron chi connectivity index (χ3n) is 4.65. The number of nitrogens with zero attached hydrogens (tertiary/aromatic N) is 2. The molecule has 0 saturated heterocycles. The predicted octanol–water partition coefficient (Wildman–Crippen LogP) is 4.92. The second kappa shape index (κ2) is 11.9. The highest BCUT2D eigenvalue weighted by Gasteiger charge is 2.28. The van der Waals surface area contributed by atoms with Crippen LogP contribution < -0.4 is 0 Å². The highest BCUT2D eigenvalue weighted by molar-refractivity contribution is 7.99. The van der Waals surface area contributed by atoms with Gasteiger partial charge < -0.3 is 14.1 Å². The van der Waals surface area contributed by atoms with E-state index in [4.69, 9.17) is 9.15 Å². The Bertz CT molecular complexity index is 757. The smallest absolute Gasteiger partial charge is 0.328 e. The van der Waals surface area contributed by atoms with Crippen LogP contribution in [-0.2, 0) is 14.3 Å². The fourth-order valence-corrected chi connectivity index (χ4v) is 3.91. The van der Waals surface area contributed by atoms with E-state index in [0.29, 0.717) is 30.6 Å². The average Bonchev–Trinajstić information content (AvgIpc) is 3.10. The lowest BCUT2D eigenvalue weighted by Gasteiger charge is -2.27.